The van der Waals surface area contributed by atoms with Crippen molar-refractivity contribution < 1.29 is 8.98 Å². The van der Waals surface area contributed by atoms with Crippen LogP contribution in [0.25, 0.3) is 0 Å². The molecule has 1 aliphatic heterocycles. The highest BCUT2D eigenvalue weighted by atomic mass is 32.2. The van der Waals surface area contributed by atoms with E-state index in [1.807, 2.05) is 30.0 Å². The van der Waals surface area contributed by atoms with Crippen molar-refractivity contribution in [3.05, 3.63) is 45.9 Å². The molecule has 2 atom stereocenters. The molecule has 0 aromatic heterocycles. The molecule has 3 rings (SSSR count). The lowest BCUT2D eigenvalue weighted by Gasteiger charge is -2.42. The highest BCUT2D eigenvalue weighted by Gasteiger charge is 2.50. The third kappa shape index (κ3) is 3.51. The number of amides is 1. The second kappa shape index (κ2) is 6.67. The fraction of sp³-hybridized carbons (Fsp3) is 0.550. The van der Waals surface area contributed by atoms with E-state index in [2.05, 4.69) is 46.7 Å². The van der Waals surface area contributed by atoms with E-state index in [9.17, 15) is 4.79 Å². The molecule has 0 bridgehead atoms. The Bertz CT molecular complexity index is 724. The quantitative estimate of drug-likeness (QED) is 0.571. The summed E-state index contributed by atoms with van der Waals surface area (Å²) in [6.07, 6.45) is 2.06. The molecule has 1 heterocycles. The minimum absolute atomic E-state index is 0.0235. The molecule has 25 heavy (non-hydrogen) atoms. The van der Waals surface area contributed by atoms with Crippen molar-refractivity contribution in [2.75, 3.05) is 0 Å². The normalized spacial score (nSPS) is 27.2. The number of carbonyl (C=O) groups is 1. The summed E-state index contributed by atoms with van der Waals surface area (Å²) in [6.45, 7) is 9.58. The van der Waals surface area contributed by atoms with E-state index >= 15 is 0 Å². The highest BCUT2D eigenvalue weighted by molar-refractivity contribution is 8.03. The second-order valence-corrected chi connectivity index (χ2v) is 10.1. The van der Waals surface area contributed by atoms with Crippen molar-refractivity contribution in [2.24, 2.45) is 22.5 Å². The first-order valence-electron chi connectivity index (χ1n) is 8.70. The summed E-state index contributed by atoms with van der Waals surface area (Å²) >= 11 is 5.74. The number of benzene rings is 1. The first kappa shape index (κ1) is 18.9. The molecule has 0 spiro atoms. The minimum Gasteiger partial charge on any atom is -0.369 e. The third-order valence-electron chi connectivity index (χ3n) is 5.31. The second-order valence-electron chi connectivity index (χ2n) is 8.65. The van der Waals surface area contributed by atoms with Crippen LogP contribution < -0.4 is 5.73 Å². The van der Waals surface area contributed by atoms with Crippen LogP contribution in [0.2, 0.25) is 0 Å². The molecule has 5 heteroatoms. The lowest BCUT2D eigenvalue weighted by atomic mass is 9.64. The van der Waals surface area contributed by atoms with Crippen LogP contribution >= 0.6 is 24.7 Å². The summed E-state index contributed by atoms with van der Waals surface area (Å²) in [4.78, 5) is 13.8. The van der Waals surface area contributed by atoms with Gasteiger partial charge in [0.1, 0.15) is 0 Å². The Labute approximate surface area is 160 Å². The van der Waals surface area contributed by atoms with Gasteiger partial charge in [0.15, 0.2) is 0 Å². The van der Waals surface area contributed by atoms with Crippen molar-refractivity contribution in [2.45, 2.75) is 52.4 Å². The number of hydrogen-bond donors (Lipinski definition) is 2. The number of thiol groups is 1. The first-order valence-corrected chi connectivity index (χ1v) is 9.94. The molecule has 1 aromatic rings. The van der Waals surface area contributed by atoms with E-state index in [1.165, 1.54) is 10.5 Å². The summed E-state index contributed by atoms with van der Waals surface area (Å²) in [7, 11) is 0. The number of carbonyl (C=O) groups excluding carboxylic acids is 1. The number of thioether (sulfide) groups is 1. The molecule has 0 fully saturated rings. The lowest BCUT2D eigenvalue weighted by molar-refractivity contribution is -0.120. The van der Waals surface area contributed by atoms with Crippen molar-refractivity contribution in [3.63, 3.8) is 0 Å². The van der Waals surface area contributed by atoms with Crippen LogP contribution in [0.3, 0.4) is 0 Å². The van der Waals surface area contributed by atoms with Crippen LogP contribution in [-0.2, 0) is 15.6 Å². The maximum absolute atomic E-state index is 12.5. The minimum atomic E-state index is -0.250. The summed E-state index contributed by atoms with van der Waals surface area (Å²) in [5, 5.41) is 0.0235. The highest BCUT2D eigenvalue weighted by Crippen LogP contribution is 2.64. The summed E-state index contributed by atoms with van der Waals surface area (Å²) < 4.78 is 5.07. The molecular weight excluding hydrogens is 350 g/mol. The average Bonchev–Trinajstić information content (AvgIpc) is 2.86. The van der Waals surface area contributed by atoms with Crippen molar-refractivity contribution in [1.29, 1.82) is 0 Å². The number of primary amides is 1. The van der Waals surface area contributed by atoms with Crippen LogP contribution in [0, 0.1) is 16.7 Å². The van der Waals surface area contributed by atoms with Gasteiger partial charge in [-0.15, -0.1) is 11.8 Å². The van der Waals surface area contributed by atoms with Crippen LogP contribution in [0.1, 0.15) is 56.9 Å². The van der Waals surface area contributed by atoms with Gasteiger partial charge in [-0.25, -0.2) is 0 Å². The summed E-state index contributed by atoms with van der Waals surface area (Å²) in [5.41, 5.74) is 9.60. The Morgan fingerprint density at radius 2 is 2.00 bits per heavy atom. The Morgan fingerprint density at radius 3 is 2.64 bits per heavy atom. The van der Waals surface area contributed by atoms with Crippen molar-refractivity contribution in [3.8, 4) is 0 Å². The van der Waals surface area contributed by atoms with Gasteiger partial charge in [-0.2, -0.15) is 0 Å². The number of nitrogens with two attached hydrogens (primary N) is 1. The third-order valence-corrected chi connectivity index (χ3v) is 7.27. The van der Waals surface area contributed by atoms with Crippen molar-refractivity contribution in [1.82, 2.24) is 0 Å². The average molecular weight is 378 g/mol. The topological polar surface area (TPSA) is 52.3 Å². The molecule has 136 valence electrons. The van der Waals surface area contributed by atoms with Gasteiger partial charge >= 0.3 is 0 Å². The molecular formula is C20H27NO2S2. The summed E-state index contributed by atoms with van der Waals surface area (Å²) in [5.74, 6) is -0.475. The Hall–Kier alpha value is -0.910. The number of hydrogen-bond acceptors (Lipinski definition) is 4. The molecule has 2 unspecified atom stereocenters. The Kier molecular flexibility index (Phi) is 5.04. The van der Waals surface area contributed by atoms with Gasteiger partial charge in [-0.05, 0) is 58.2 Å². The number of rotatable bonds is 4. The van der Waals surface area contributed by atoms with Gasteiger partial charge < -0.3 is 9.92 Å². The fourth-order valence-corrected chi connectivity index (χ4v) is 6.74. The fourth-order valence-electron chi connectivity index (χ4n) is 4.81. The van der Waals surface area contributed by atoms with Gasteiger partial charge in [0.25, 0.3) is 0 Å². The maximum atomic E-state index is 12.5. The van der Waals surface area contributed by atoms with Gasteiger partial charge in [-0.3, -0.25) is 4.79 Å². The van der Waals surface area contributed by atoms with Gasteiger partial charge in [0, 0.05) is 5.25 Å². The first-order chi connectivity index (χ1) is 11.7. The molecule has 2 aliphatic rings. The zero-order valence-electron chi connectivity index (χ0n) is 15.3. The van der Waals surface area contributed by atoms with Crippen molar-refractivity contribution >= 4 is 30.6 Å². The van der Waals surface area contributed by atoms with Crippen LogP contribution in [0.4, 0.5) is 0 Å². The van der Waals surface area contributed by atoms with Gasteiger partial charge in [-0.1, -0.05) is 52.0 Å². The van der Waals surface area contributed by atoms with Gasteiger partial charge in [0.05, 0.1) is 12.5 Å². The zero-order chi connectivity index (χ0) is 18.4. The maximum Gasteiger partial charge on any atom is 0.226 e. The van der Waals surface area contributed by atoms with E-state index in [-0.39, 0.29) is 27.9 Å². The van der Waals surface area contributed by atoms with E-state index in [0.717, 1.165) is 24.0 Å². The SMILES string of the molecule is CC1(C)CC2=C(SC(c3ccccc3COS)C2C(N)=O)C(C)(C)C1. The van der Waals surface area contributed by atoms with E-state index < -0.39 is 0 Å². The molecule has 1 aromatic carbocycles. The van der Waals surface area contributed by atoms with Gasteiger partial charge in [0.2, 0.25) is 5.91 Å². The Morgan fingerprint density at radius 1 is 1.32 bits per heavy atom. The lowest BCUT2D eigenvalue weighted by Crippen LogP contribution is -2.34. The van der Waals surface area contributed by atoms with Crippen LogP contribution in [0.5, 0.6) is 0 Å². The molecule has 1 aliphatic carbocycles. The Balaban J connectivity index is 2.07. The molecule has 3 nitrogen and oxygen atoms in total. The molecule has 0 saturated heterocycles. The van der Waals surface area contributed by atoms with E-state index in [1.54, 1.807) is 0 Å². The predicted octanol–water partition coefficient (Wildman–Crippen LogP) is 5.04. The predicted molar refractivity (Wildman–Crippen MR) is 107 cm³/mol. The molecule has 0 saturated carbocycles. The van der Waals surface area contributed by atoms with E-state index in [0.29, 0.717) is 6.61 Å². The van der Waals surface area contributed by atoms with Crippen LogP contribution in [0.15, 0.2) is 34.7 Å². The standard InChI is InChI=1S/C20H27NO2S2/c1-19(2)9-14-15(18(21)22)16(25-17(14)20(3,4)11-19)13-8-6-5-7-12(13)10-23-24/h5-8,15-16,24H,9-11H2,1-4H3,(H2,21,22). The van der Waals surface area contributed by atoms with Crippen LogP contribution in [-0.4, -0.2) is 5.91 Å². The zero-order valence-corrected chi connectivity index (χ0v) is 17.0. The smallest absolute Gasteiger partial charge is 0.226 e. The monoisotopic (exact) mass is 377 g/mol. The largest absolute Gasteiger partial charge is 0.369 e. The van der Waals surface area contributed by atoms with E-state index in [4.69, 9.17) is 9.92 Å². The molecule has 1 amide bonds. The molecule has 2 N–H and O–H groups in total. The number of allylic oxidation sites excluding steroid dienone is 1. The molecule has 0 radical (unpaired) electrons. The summed E-state index contributed by atoms with van der Waals surface area (Å²) in [6, 6.07) is 8.14.